The first-order chi connectivity index (χ1) is 6.10. The molecule has 0 fully saturated rings. The molecular weight excluding hydrogens is 160 g/mol. The molecule has 1 aromatic rings. The first-order valence-electron chi connectivity index (χ1n) is 4.39. The third-order valence-electron chi connectivity index (χ3n) is 2.39. The molecular formula is C11H14N2. The van der Waals surface area contributed by atoms with Crippen LogP contribution in [0.3, 0.4) is 0 Å². The SMILES string of the molecule is C#Cc1cc(C(C)(C)CC)ncn1. The van der Waals surface area contributed by atoms with Crippen LogP contribution in [0.5, 0.6) is 0 Å². The maximum Gasteiger partial charge on any atom is 0.117 e. The van der Waals surface area contributed by atoms with Gasteiger partial charge in [-0.3, -0.25) is 0 Å². The van der Waals surface area contributed by atoms with Gasteiger partial charge in [-0.2, -0.15) is 0 Å². The second kappa shape index (κ2) is 3.57. The van der Waals surface area contributed by atoms with Gasteiger partial charge in [-0.05, 0) is 12.5 Å². The van der Waals surface area contributed by atoms with Crippen LogP contribution >= 0.6 is 0 Å². The Labute approximate surface area is 79.4 Å². The Morgan fingerprint density at radius 2 is 2.15 bits per heavy atom. The summed E-state index contributed by atoms with van der Waals surface area (Å²) < 4.78 is 0. The predicted molar refractivity (Wildman–Crippen MR) is 53.3 cm³/mol. The number of terminal acetylenes is 1. The molecule has 2 heteroatoms. The quantitative estimate of drug-likeness (QED) is 0.642. The van der Waals surface area contributed by atoms with Crippen molar-refractivity contribution in [3.05, 3.63) is 23.8 Å². The van der Waals surface area contributed by atoms with E-state index in [1.807, 2.05) is 6.07 Å². The zero-order valence-electron chi connectivity index (χ0n) is 8.33. The second-order valence-corrected chi connectivity index (χ2v) is 3.67. The highest BCUT2D eigenvalue weighted by atomic mass is 14.8. The lowest BCUT2D eigenvalue weighted by atomic mass is 9.86. The Kier molecular flexibility index (Phi) is 2.67. The van der Waals surface area contributed by atoms with Crippen LogP contribution in [0.15, 0.2) is 12.4 Å². The summed E-state index contributed by atoms with van der Waals surface area (Å²) in [5.41, 5.74) is 1.75. The molecule has 0 saturated heterocycles. The minimum Gasteiger partial charge on any atom is -0.241 e. The van der Waals surface area contributed by atoms with E-state index in [9.17, 15) is 0 Å². The molecule has 0 atom stereocenters. The molecule has 0 N–H and O–H groups in total. The summed E-state index contributed by atoms with van der Waals surface area (Å²) in [5.74, 6) is 2.51. The lowest BCUT2D eigenvalue weighted by Gasteiger charge is -2.21. The Hall–Kier alpha value is -1.36. The summed E-state index contributed by atoms with van der Waals surface area (Å²) >= 11 is 0. The Balaban J connectivity index is 3.10. The third-order valence-corrected chi connectivity index (χ3v) is 2.39. The van der Waals surface area contributed by atoms with E-state index in [1.54, 1.807) is 0 Å². The van der Waals surface area contributed by atoms with E-state index in [4.69, 9.17) is 6.42 Å². The molecule has 0 saturated carbocycles. The van der Waals surface area contributed by atoms with Crippen molar-refractivity contribution in [2.75, 3.05) is 0 Å². The molecule has 68 valence electrons. The molecule has 0 aliphatic rings. The lowest BCUT2D eigenvalue weighted by molar-refractivity contribution is 0.489. The number of nitrogens with zero attached hydrogens (tertiary/aromatic N) is 2. The standard InChI is InChI=1S/C11H14N2/c1-5-9-7-10(13-8-12-9)11(3,4)6-2/h1,7-8H,6H2,2-4H3. The monoisotopic (exact) mass is 174 g/mol. The van der Waals surface area contributed by atoms with E-state index >= 15 is 0 Å². The molecule has 1 heterocycles. The molecule has 0 spiro atoms. The van der Waals surface area contributed by atoms with Crippen molar-refractivity contribution in [2.24, 2.45) is 0 Å². The predicted octanol–water partition coefficient (Wildman–Crippen LogP) is 2.15. The maximum absolute atomic E-state index is 5.26. The van der Waals surface area contributed by atoms with Gasteiger partial charge in [0.2, 0.25) is 0 Å². The number of rotatable bonds is 2. The van der Waals surface area contributed by atoms with Crippen LogP contribution in [-0.4, -0.2) is 9.97 Å². The summed E-state index contributed by atoms with van der Waals surface area (Å²) in [7, 11) is 0. The zero-order chi connectivity index (χ0) is 9.90. The van der Waals surface area contributed by atoms with Gasteiger partial charge in [0.05, 0.1) is 5.69 Å². The number of aromatic nitrogens is 2. The summed E-state index contributed by atoms with van der Waals surface area (Å²) in [6, 6.07) is 1.88. The molecule has 0 aliphatic heterocycles. The van der Waals surface area contributed by atoms with Crippen LogP contribution < -0.4 is 0 Å². The first-order valence-corrected chi connectivity index (χ1v) is 4.39. The molecule has 0 bridgehead atoms. The van der Waals surface area contributed by atoms with Crippen LogP contribution in [0.1, 0.15) is 38.6 Å². The fourth-order valence-electron chi connectivity index (χ4n) is 0.987. The normalized spacial score (nSPS) is 10.9. The van der Waals surface area contributed by atoms with Crippen LogP contribution in [0.2, 0.25) is 0 Å². The first kappa shape index (κ1) is 9.73. The van der Waals surface area contributed by atoms with E-state index in [1.165, 1.54) is 6.33 Å². The van der Waals surface area contributed by atoms with Gasteiger partial charge < -0.3 is 0 Å². The molecule has 0 amide bonds. The molecule has 0 radical (unpaired) electrons. The van der Waals surface area contributed by atoms with Gasteiger partial charge in [0.25, 0.3) is 0 Å². The van der Waals surface area contributed by atoms with E-state index < -0.39 is 0 Å². The molecule has 0 unspecified atom stereocenters. The number of hydrogen-bond donors (Lipinski definition) is 0. The van der Waals surface area contributed by atoms with Crippen LogP contribution in [0.4, 0.5) is 0 Å². The summed E-state index contributed by atoms with van der Waals surface area (Å²) in [4.78, 5) is 8.18. The van der Waals surface area contributed by atoms with Gasteiger partial charge in [0.15, 0.2) is 0 Å². The van der Waals surface area contributed by atoms with Crippen molar-refractivity contribution < 1.29 is 0 Å². The van der Waals surface area contributed by atoms with E-state index in [0.29, 0.717) is 5.69 Å². The molecule has 13 heavy (non-hydrogen) atoms. The van der Waals surface area contributed by atoms with Crippen molar-refractivity contribution in [3.8, 4) is 12.3 Å². The lowest BCUT2D eigenvalue weighted by Crippen LogP contribution is -2.17. The third kappa shape index (κ3) is 2.06. The van der Waals surface area contributed by atoms with Gasteiger partial charge in [-0.1, -0.05) is 26.7 Å². The highest BCUT2D eigenvalue weighted by molar-refractivity contribution is 5.27. The van der Waals surface area contributed by atoms with Crippen LogP contribution in [0.25, 0.3) is 0 Å². The van der Waals surface area contributed by atoms with Gasteiger partial charge in [0, 0.05) is 5.41 Å². The van der Waals surface area contributed by atoms with Crippen molar-refractivity contribution in [1.82, 2.24) is 9.97 Å². The fraction of sp³-hybridized carbons (Fsp3) is 0.455. The fourth-order valence-corrected chi connectivity index (χ4v) is 0.987. The van der Waals surface area contributed by atoms with Crippen molar-refractivity contribution in [3.63, 3.8) is 0 Å². The molecule has 1 aromatic heterocycles. The van der Waals surface area contributed by atoms with E-state index in [-0.39, 0.29) is 5.41 Å². The Morgan fingerprint density at radius 1 is 1.46 bits per heavy atom. The minimum atomic E-state index is 0.0779. The smallest absolute Gasteiger partial charge is 0.117 e. The average Bonchev–Trinajstić information content (AvgIpc) is 2.18. The van der Waals surface area contributed by atoms with E-state index in [2.05, 4.69) is 36.7 Å². The highest BCUT2D eigenvalue weighted by Gasteiger charge is 2.19. The summed E-state index contributed by atoms with van der Waals surface area (Å²) in [5, 5.41) is 0. The van der Waals surface area contributed by atoms with Gasteiger partial charge >= 0.3 is 0 Å². The van der Waals surface area contributed by atoms with Crippen LogP contribution in [-0.2, 0) is 5.41 Å². The van der Waals surface area contributed by atoms with Crippen molar-refractivity contribution in [1.29, 1.82) is 0 Å². The van der Waals surface area contributed by atoms with Gasteiger partial charge in [-0.15, -0.1) is 6.42 Å². The summed E-state index contributed by atoms with van der Waals surface area (Å²) in [6.45, 7) is 6.43. The van der Waals surface area contributed by atoms with Gasteiger partial charge in [-0.25, -0.2) is 9.97 Å². The minimum absolute atomic E-state index is 0.0779. The number of hydrogen-bond acceptors (Lipinski definition) is 2. The van der Waals surface area contributed by atoms with Crippen molar-refractivity contribution >= 4 is 0 Å². The average molecular weight is 174 g/mol. The second-order valence-electron chi connectivity index (χ2n) is 3.67. The molecule has 1 rings (SSSR count). The Morgan fingerprint density at radius 3 is 2.69 bits per heavy atom. The molecule has 2 nitrogen and oxygen atoms in total. The Bertz CT molecular complexity index is 334. The summed E-state index contributed by atoms with van der Waals surface area (Å²) in [6.07, 6.45) is 7.83. The van der Waals surface area contributed by atoms with Crippen molar-refractivity contribution in [2.45, 2.75) is 32.6 Å². The zero-order valence-corrected chi connectivity index (χ0v) is 8.33. The largest absolute Gasteiger partial charge is 0.241 e. The maximum atomic E-state index is 5.26. The molecule has 0 aromatic carbocycles. The van der Waals surface area contributed by atoms with E-state index in [0.717, 1.165) is 12.1 Å². The highest BCUT2D eigenvalue weighted by Crippen LogP contribution is 2.24. The van der Waals surface area contributed by atoms with Gasteiger partial charge in [0.1, 0.15) is 12.0 Å². The van der Waals surface area contributed by atoms with Crippen LogP contribution in [0, 0.1) is 12.3 Å². The topological polar surface area (TPSA) is 25.8 Å². The molecule has 0 aliphatic carbocycles.